The zero-order valence-electron chi connectivity index (χ0n) is 10.5. The second-order valence-electron chi connectivity index (χ2n) is 4.39. The molecule has 1 aliphatic heterocycles. The van der Waals surface area contributed by atoms with Gasteiger partial charge in [-0.15, -0.1) is 0 Å². The van der Waals surface area contributed by atoms with Gasteiger partial charge in [-0.05, 0) is 13.1 Å². The van der Waals surface area contributed by atoms with Crippen molar-refractivity contribution in [1.82, 2.24) is 9.88 Å². The molecule has 2 heterocycles. The van der Waals surface area contributed by atoms with Crippen molar-refractivity contribution < 1.29 is 9.66 Å². The van der Waals surface area contributed by atoms with Crippen molar-refractivity contribution in [3.05, 3.63) is 27.4 Å². The third-order valence-corrected chi connectivity index (χ3v) is 3.09. The van der Waals surface area contributed by atoms with Gasteiger partial charge in [0.15, 0.2) is 0 Å². The summed E-state index contributed by atoms with van der Waals surface area (Å²) in [5, 5.41) is 14.0. The van der Waals surface area contributed by atoms with Crippen LogP contribution in [0.2, 0.25) is 5.15 Å². The van der Waals surface area contributed by atoms with Crippen LogP contribution in [0.5, 0.6) is 0 Å². The lowest BCUT2D eigenvalue weighted by Crippen LogP contribution is -2.43. The zero-order chi connectivity index (χ0) is 13.8. The monoisotopic (exact) mass is 286 g/mol. The number of nitro groups is 1. The Bertz CT molecular complexity index is 471. The van der Waals surface area contributed by atoms with Crippen molar-refractivity contribution in [2.24, 2.45) is 0 Å². The van der Waals surface area contributed by atoms with Crippen LogP contribution in [0.3, 0.4) is 0 Å². The van der Waals surface area contributed by atoms with Crippen molar-refractivity contribution >= 4 is 23.1 Å². The molecule has 0 spiro atoms. The maximum Gasteiger partial charge on any atom is 0.311 e. The van der Waals surface area contributed by atoms with Gasteiger partial charge >= 0.3 is 5.69 Å². The highest BCUT2D eigenvalue weighted by Crippen LogP contribution is 2.24. The fourth-order valence-electron chi connectivity index (χ4n) is 1.91. The highest BCUT2D eigenvalue weighted by molar-refractivity contribution is 6.29. The fourth-order valence-corrected chi connectivity index (χ4v) is 2.05. The minimum Gasteiger partial charge on any atom is -0.374 e. The molecule has 1 saturated heterocycles. The van der Waals surface area contributed by atoms with Crippen molar-refractivity contribution in [1.29, 1.82) is 0 Å². The van der Waals surface area contributed by atoms with Crippen LogP contribution in [0.4, 0.5) is 11.5 Å². The lowest BCUT2D eigenvalue weighted by atomic mass is 10.3. The highest BCUT2D eigenvalue weighted by Gasteiger charge is 2.20. The molecule has 1 unspecified atom stereocenters. The van der Waals surface area contributed by atoms with Gasteiger partial charge in [0.25, 0.3) is 0 Å². The molecule has 1 N–H and O–H groups in total. The first-order chi connectivity index (χ1) is 9.06. The third kappa shape index (κ3) is 3.76. The predicted molar refractivity (Wildman–Crippen MR) is 71.6 cm³/mol. The smallest absolute Gasteiger partial charge is 0.311 e. The lowest BCUT2D eigenvalue weighted by Gasteiger charge is -2.30. The van der Waals surface area contributed by atoms with Gasteiger partial charge < -0.3 is 15.0 Å². The minimum atomic E-state index is -0.487. The van der Waals surface area contributed by atoms with Gasteiger partial charge in [-0.2, -0.15) is 0 Å². The molecule has 1 atom stereocenters. The molecular weight excluding hydrogens is 272 g/mol. The van der Waals surface area contributed by atoms with Gasteiger partial charge in [0, 0.05) is 25.7 Å². The molecule has 1 aromatic heterocycles. The summed E-state index contributed by atoms with van der Waals surface area (Å²) >= 11 is 5.75. The molecule has 1 aliphatic rings. The summed E-state index contributed by atoms with van der Waals surface area (Å²) < 4.78 is 5.57. The van der Waals surface area contributed by atoms with E-state index in [0.29, 0.717) is 13.2 Å². The number of hydrogen-bond donors (Lipinski definition) is 1. The summed E-state index contributed by atoms with van der Waals surface area (Å²) in [6.45, 7) is 2.79. The van der Waals surface area contributed by atoms with Crippen LogP contribution in [0.25, 0.3) is 0 Å². The normalized spacial score (nSPS) is 20.2. The van der Waals surface area contributed by atoms with E-state index in [1.165, 1.54) is 12.1 Å². The number of nitrogens with zero attached hydrogens (tertiary/aromatic N) is 3. The lowest BCUT2D eigenvalue weighted by molar-refractivity contribution is -0.384. The van der Waals surface area contributed by atoms with Crippen LogP contribution in [0, 0.1) is 10.1 Å². The average Bonchev–Trinajstić information content (AvgIpc) is 2.36. The predicted octanol–water partition coefficient (Wildman–Crippen LogP) is 1.39. The summed E-state index contributed by atoms with van der Waals surface area (Å²) in [4.78, 5) is 16.5. The van der Waals surface area contributed by atoms with Crippen LogP contribution in [-0.2, 0) is 4.74 Å². The van der Waals surface area contributed by atoms with Crippen LogP contribution in [0.15, 0.2) is 12.1 Å². The summed E-state index contributed by atoms with van der Waals surface area (Å²) in [6.07, 6.45) is -0.0147. The number of likely N-dealkylation sites (N-methyl/N-ethyl adjacent to an activating group) is 1. The molecular formula is C11H15ClN4O3. The Kier molecular flexibility index (Phi) is 4.52. The molecule has 2 rings (SSSR count). The topological polar surface area (TPSA) is 80.5 Å². The maximum atomic E-state index is 10.9. The SMILES string of the molecule is CN1CCOC(CNc2nc(Cl)ccc2[N+](=O)[O-])C1. The molecule has 0 saturated carbocycles. The van der Waals surface area contributed by atoms with Crippen molar-refractivity contribution in [2.75, 3.05) is 38.6 Å². The largest absolute Gasteiger partial charge is 0.374 e. The van der Waals surface area contributed by atoms with E-state index in [4.69, 9.17) is 16.3 Å². The summed E-state index contributed by atoms with van der Waals surface area (Å²) in [5.74, 6) is 0.175. The maximum absolute atomic E-state index is 10.9. The molecule has 0 amide bonds. The van der Waals surface area contributed by atoms with E-state index in [-0.39, 0.29) is 22.8 Å². The molecule has 8 heteroatoms. The molecule has 0 aromatic carbocycles. The second-order valence-corrected chi connectivity index (χ2v) is 4.78. The molecule has 1 aromatic rings. The number of hydrogen-bond acceptors (Lipinski definition) is 6. The zero-order valence-corrected chi connectivity index (χ0v) is 11.3. The number of rotatable bonds is 4. The standard InChI is InChI=1S/C11H15ClN4O3/c1-15-4-5-19-8(7-15)6-13-11-9(16(17)18)2-3-10(12)14-11/h2-3,8H,4-7H2,1H3,(H,13,14). The van der Waals surface area contributed by atoms with Gasteiger partial charge in [0.05, 0.1) is 17.6 Å². The first-order valence-electron chi connectivity index (χ1n) is 5.91. The summed E-state index contributed by atoms with van der Waals surface area (Å²) in [5.41, 5.74) is -0.0893. The fraction of sp³-hybridized carbons (Fsp3) is 0.545. The molecule has 19 heavy (non-hydrogen) atoms. The first kappa shape index (κ1) is 14.0. The number of pyridine rings is 1. The van der Waals surface area contributed by atoms with Crippen LogP contribution in [0.1, 0.15) is 0 Å². The highest BCUT2D eigenvalue weighted by atomic mass is 35.5. The molecule has 0 bridgehead atoms. The van der Waals surface area contributed by atoms with E-state index < -0.39 is 4.92 Å². The van der Waals surface area contributed by atoms with E-state index in [2.05, 4.69) is 15.2 Å². The molecule has 7 nitrogen and oxygen atoms in total. The Labute approximate surface area is 115 Å². The first-order valence-corrected chi connectivity index (χ1v) is 6.29. The van der Waals surface area contributed by atoms with E-state index in [9.17, 15) is 10.1 Å². The van der Waals surface area contributed by atoms with E-state index >= 15 is 0 Å². The number of aromatic nitrogens is 1. The summed E-state index contributed by atoms with van der Waals surface area (Å²) in [7, 11) is 2.01. The van der Waals surface area contributed by atoms with Crippen molar-refractivity contribution in [3.8, 4) is 0 Å². The molecule has 0 aliphatic carbocycles. The average molecular weight is 287 g/mol. The van der Waals surface area contributed by atoms with Gasteiger partial charge in [-0.1, -0.05) is 11.6 Å². The Balaban J connectivity index is 2.02. The number of halogens is 1. The van der Waals surface area contributed by atoms with E-state index in [0.717, 1.165) is 13.1 Å². The third-order valence-electron chi connectivity index (χ3n) is 2.88. The van der Waals surface area contributed by atoms with E-state index in [1.807, 2.05) is 7.05 Å². The summed E-state index contributed by atoms with van der Waals surface area (Å²) in [6, 6.07) is 2.74. The second kappa shape index (κ2) is 6.14. The Morgan fingerprint density at radius 3 is 3.16 bits per heavy atom. The van der Waals surface area contributed by atoms with Gasteiger partial charge in [0.1, 0.15) is 5.15 Å². The van der Waals surface area contributed by atoms with Crippen LogP contribution < -0.4 is 5.32 Å². The van der Waals surface area contributed by atoms with E-state index in [1.54, 1.807) is 0 Å². The molecule has 0 radical (unpaired) electrons. The molecule has 104 valence electrons. The Morgan fingerprint density at radius 2 is 2.47 bits per heavy atom. The minimum absolute atomic E-state index is 0.0147. The van der Waals surface area contributed by atoms with Crippen LogP contribution >= 0.6 is 11.6 Å². The van der Waals surface area contributed by atoms with Gasteiger partial charge in [0.2, 0.25) is 5.82 Å². The van der Waals surface area contributed by atoms with Crippen LogP contribution in [-0.4, -0.2) is 54.2 Å². The van der Waals surface area contributed by atoms with Crippen molar-refractivity contribution in [3.63, 3.8) is 0 Å². The van der Waals surface area contributed by atoms with Gasteiger partial charge in [-0.25, -0.2) is 4.98 Å². The Hall–Kier alpha value is -1.44. The quantitative estimate of drug-likeness (QED) is 0.512. The number of anilines is 1. The molecule has 1 fully saturated rings. The number of morpholine rings is 1. The van der Waals surface area contributed by atoms with Gasteiger partial charge in [-0.3, -0.25) is 10.1 Å². The van der Waals surface area contributed by atoms with Crippen molar-refractivity contribution in [2.45, 2.75) is 6.10 Å². The number of ether oxygens (including phenoxy) is 1. The Morgan fingerprint density at radius 1 is 1.68 bits per heavy atom. The number of nitrogens with one attached hydrogen (secondary N) is 1.